The zero-order valence-corrected chi connectivity index (χ0v) is 16.4. The molecule has 0 radical (unpaired) electrons. The number of halogens is 2. The van der Waals surface area contributed by atoms with Gasteiger partial charge in [-0.15, -0.1) is 0 Å². The van der Waals surface area contributed by atoms with E-state index in [0.29, 0.717) is 28.3 Å². The maximum Gasteiger partial charge on any atom is 0.419 e. The zero-order chi connectivity index (χ0) is 18.4. The lowest BCUT2D eigenvalue weighted by molar-refractivity contribution is 0.0182. The van der Waals surface area contributed by atoms with E-state index in [9.17, 15) is 4.79 Å². The Balaban J connectivity index is 1.86. The molecule has 1 unspecified atom stereocenters. The van der Waals surface area contributed by atoms with Crippen LogP contribution < -0.4 is 4.74 Å². The SMILES string of the molecule is COC[C@]12C[C@H]1C=CN(C(=O)Oc1ccc(Cl)c(Cl)c1)C2C(C)(C)C. The van der Waals surface area contributed by atoms with Crippen molar-refractivity contribution in [3.8, 4) is 5.75 Å². The van der Waals surface area contributed by atoms with E-state index >= 15 is 0 Å². The molecule has 0 bridgehead atoms. The lowest BCUT2D eigenvalue weighted by atomic mass is 9.74. The summed E-state index contributed by atoms with van der Waals surface area (Å²) < 4.78 is 11.0. The molecule has 0 aromatic heterocycles. The fraction of sp³-hybridized carbons (Fsp3) is 0.526. The van der Waals surface area contributed by atoms with E-state index in [-0.39, 0.29) is 16.9 Å². The number of ether oxygens (including phenoxy) is 2. The Hall–Kier alpha value is -1.23. The van der Waals surface area contributed by atoms with Gasteiger partial charge in [-0.05, 0) is 29.9 Å². The van der Waals surface area contributed by atoms with Crippen LogP contribution in [0.15, 0.2) is 30.5 Å². The molecule has 0 saturated heterocycles. The molecule has 1 heterocycles. The predicted octanol–water partition coefficient (Wildman–Crippen LogP) is 5.39. The maximum atomic E-state index is 12.9. The van der Waals surface area contributed by atoms with E-state index in [1.165, 1.54) is 0 Å². The number of amides is 1. The predicted molar refractivity (Wildman–Crippen MR) is 99.1 cm³/mol. The first-order valence-electron chi connectivity index (χ1n) is 8.31. The van der Waals surface area contributed by atoms with E-state index in [4.69, 9.17) is 32.7 Å². The number of hydrogen-bond acceptors (Lipinski definition) is 3. The van der Waals surface area contributed by atoms with Gasteiger partial charge in [0.1, 0.15) is 5.75 Å². The molecule has 1 aliphatic heterocycles. The minimum Gasteiger partial charge on any atom is -0.410 e. The highest BCUT2D eigenvalue weighted by atomic mass is 35.5. The molecule has 1 amide bonds. The molecule has 1 saturated carbocycles. The Morgan fingerprint density at radius 1 is 1.32 bits per heavy atom. The fourth-order valence-corrected chi connectivity index (χ4v) is 4.43. The number of allylic oxidation sites excluding steroid dienone is 1. The molecule has 1 aromatic carbocycles. The van der Waals surface area contributed by atoms with E-state index in [1.54, 1.807) is 30.2 Å². The second kappa shape index (κ2) is 6.49. The van der Waals surface area contributed by atoms with E-state index in [2.05, 4.69) is 26.8 Å². The number of fused-ring (bicyclic) bond motifs is 1. The minimum absolute atomic E-state index is 0.00905. The standard InChI is InChI=1S/C19H23Cl2NO3/c1-18(2,3)16-19(11-24-4)10-12(19)7-8-22(16)17(23)25-13-5-6-14(20)15(21)9-13/h5-9,12,16H,10-11H2,1-4H3/t12-,16?,19-/m1/s1. The van der Waals surface area contributed by atoms with Crippen LogP contribution in [0.1, 0.15) is 27.2 Å². The fourth-order valence-electron chi connectivity index (χ4n) is 4.14. The summed E-state index contributed by atoms with van der Waals surface area (Å²) in [7, 11) is 1.71. The van der Waals surface area contributed by atoms with Gasteiger partial charge in [0.15, 0.2) is 0 Å². The lowest BCUT2D eigenvalue weighted by Gasteiger charge is -2.45. The molecule has 6 heteroatoms. The maximum absolute atomic E-state index is 12.9. The first kappa shape index (κ1) is 18.6. The first-order chi connectivity index (χ1) is 11.7. The molecule has 1 fully saturated rings. The van der Waals surface area contributed by atoms with Gasteiger partial charge < -0.3 is 9.47 Å². The Labute approximate surface area is 158 Å². The smallest absolute Gasteiger partial charge is 0.410 e. The van der Waals surface area contributed by atoms with Crippen molar-refractivity contribution >= 4 is 29.3 Å². The van der Waals surface area contributed by atoms with Gasteiger partial charge in [-0.1, -0.05) is 50.0 Å². The molecule has 25 heavy (non-hydrogen) atoms. The summed E-state index contributed by atoms with van der Waals surface area (Å²) in [5.41, 5.74) is -0.160. The zero-order valence-electron chi connectivity index (χ0n) is 14.9. The van der Waals surface area contributed by atoms with Crippen LogP contribution in [0.4, 0.5) is 4.79 Å². The van der Waals surface area contributed by atoms with Gasteiger partial charge in [0.05, 0.1) is 22.7 Å². The van der Waals surface area contributed by atoms with E-state index < -0.39 is 6.09 Å². The highest BCUT2D eigenvalue weighted by Crippen LogP contribution is 2.63. The molecular weight excluding hydrogens is 361 g/mol. The third-order valence-corrected chi connectivity index (χ3v) is 5.76. The molecule has 2 aliphatic rings. The summed E-state index contributed by atoms with van der Waals surface area (Å²) in [5.74, 6) is 0.824. The summed E-state index contributed by atoms with van der Waals surface area (Å²) in [6, 6.07) is 4.79. The molecule has 3 atom stereocenters. The van der Waals surface area contributed by atoms with Gasteiger partial charge in [-0.2, -0.15) is 0 Å². The molecule has 0 spiro atoms. The van der Waals surface area contributed by atoms with Crippen molar-refractivity contribution in [2.75, 3.05) is 13.7 Å². The van der Waals surface area contributed by atoms with E-state index in [1.807, 2.05) is 6.20 Å². The number of carbonyl (C=O) groups excluding carboxylic acids is 1. The van der Waals surface area contributed by atoms with Crippen LogP contribution in [0.2, 0.25) is 10.0 Å². The summed E-state index contributed by atoms with van der Waals surface area (Å²) >= 11 is 11.9. The largest absolute Gasteiger partial charge is 0.419 e. The van der Waals surface area contributed by atoms with Crippen molar-refractivity contribution < 1.29 is 14.3 Å². The van der Waals surface area contributed by atoms with Crippen molar-refractivity contribution in [1.29, 1.82) is 0 Å². The van der Waals surface area contributed by atoms with Gasteiger partial charge in [-0.3, -0.25) is 4.90 Å². The van der Waals surface area contributed by atoms with Crippen molar-refractivity contribution in [3.05, 3.63) is 40.5 Å². The van der Waals surface area contributed by atoms with Gasteiger partial charge in [-0.25, -0.2) is 4.79 Å². The van der Waals surface area contributed by atoms with Crippen LogP contribution in [0.5, 0.6) is 5.75 Å². The monoisotopic (exact) mass is 383 g/mol. The number of rotatable bonds is 3. The van der Waals surface area contributed by atoms with Gasteiger partial charge in [0.25, 0.3) is 0 Å². The quantitative estimate of drug-likeness (QED) is 0.702. The van der Waals surface area contributed by atoms with Crippen LogP contribution in [0.25, 0.3) is 0 Å². The molecule has 3 rings (SSSR count). The number of benzene rings is 1. The van der Waals surface area contributed by atoms with Gasteiger partial charge in [0, 0.05) is 24.8 Å². The van der Waals surface area contributed by atoms with Crippen molar-refractivity contribution in [2.24, 2.45) is 16.7 Å². The van der Waals surface area contributed by atoms with Gasteiger partial charge in [0.2, 0.25) is 0 Å². The highest BCUT2D eigenvalue weighted by molar-refractivity contribution is 6.42. The second-order valence-corrected chi connectivity index (χ2v) is 8.75. The average molecular weight is 384 g/mol. The number of methoxy groups -OCH3 is 1. The van der Waals surface area contributed by atoms with Crippen LogP contribution in [0.3, 0.4) is 0 Å². The third-order valence-electron chi connectivity index (χ3n) is 5.02. The van der Waals surface area contributed by atoms with E-state index in [0.717, 1.165) is 6.42 Å². The Morgan fingerprint density at radius 3 is 2.64 bits per heavy atom. The molecule has 1 aromatic rings. The summed E-state index contributed by atoms with van der Waals surface area (Å²) in [5, 5.41) is 0.776. The van der Waals surface area contributed by atoms with Crippen LogP contribution in [-0.4, -0.2) is 30.8 Å². The van der Waals surface area contributed by atoms with Gasteiger partial charge >= 0.3 is 6.09 Å². The molecule has 1 aliphatic carbocycles. The van der Waals surface area contributed by atoms with Crippen molar-refractivity contribution in [3.63, 3.8) is 0 Å². The first-order valence-corrected chi connectivity index (χ1v) is 9.07. The average Bonchev–Trinajstić information content (AvgIpc) is 3.23. The Bertz CT molecular complexity index is 713. The molecule has 4 nitrogen and oxygen atoms in total. The number of hydrogen-bond donors (Lipinski definition) is 0. The second-order valence-electron chi connectivity index (χ2n) is 7.94. The topological polar surface area (TPSA) is 38.8 Å². The van der Waals surface area contributed by atoms with Crippen LogP contribution in [0, 0.1) is 16.7 Å². The normalized spacial score (nSPS) is 27.8. The Kier molecular flexibility index (Phi) is 4.82. The summed E-state index contributed by atoms with van der Waals surface area (Å²) in [4.78, 5) is 14.6. The molecule has 0 N–H and O–H groups in total. The summed E-state index contributed by atoms with van der Waals surface area (Å²) in [6.45, 7) is 7.05. The van der Waals surface area contributed by atoms with Crippen LogP contribution >= 0.6 is 23.2 Å². The number of nitrogens with zero attached hydrogens (tertiary/aromatic N) is 1. The van der Waals surface area contributed by atoms with Crippen LogP contribution in [-0.2, 0) is 4.74 Å². The highest BCUT2D eigenvalue weighted by Gasteiger charge is 2.64. The lowest BCUT2D eigenvalue weighted by Crippen LogP contribution is -2.54. The Morgan fingerprint density at radius 2 is 2.04 bits per heavy atom. The summed E-state index contributed by atoms with van der Waals surface area (Å²) in [6.07, 6.45) is 4.53. The molecular formula is C19H23Cl2NO3. The van der Waals surface area contributed by atoms with Crippen molar-refractivity contribution in [2.45, 2.75) is 33.2 Å². The number of carbonyl (C=O) groups is 1. The minimum atomic E-state index is -0.421. The van der Waals surface area contributed by atoms with Crippen molar-refractivity contribution in [1.82, 2.24) is 4.90 Å². The third kappa shape index (κ3) is 3.40. The molecule has 136 valence electrons.